The highest BCUT2D eigenvalue weighted by Gasteiger charge is 2.18. The lowest BCUT2D eigenvalue weighted by molar-refractivity contribution is 0.00874. The molecule has 0 aromatic carbocycles. The molecule has 0 radical (unpaired) electrons. The van der Waals surface area contributed by atoms with Crippen LogP contribution in [-0.4, -0.2) is 22.1 Å². The second kappa shape index (κ2) is 6.52. The minimum Gasteiger partial charge on any atom is -0.409 e. The van der Waals surface area contributed by atoms with Gasteiger partial charge in [0.2, 0.25) is 0 Å². The standard InChI is InChI=1S/C14H21N3O2/c1-10-2-4-12(5-3-10)19-9-11-6-7-16-13(8-11)14(15)17-18/h6-8,10,12,18H,2-5,9H2,1H3,(H2,15,17). The van der Waals surface area contributed by atoms with E-state index in [0.29, 0.717) is 18.4 Å². The van der Waals surface area contributed by atoms with Crippen LogP contribution in [0.5, 0.6) is 0 Å². The number of oxime groups is 1. The molecule has 19 heavy (non-hydrogen) atoms. The van der Waals surface area contributed by atoms with Crippen LogP contribution in [0.1, 0.15) is 43.9 Å². The summed E-state index contributed by atoms with van der Waals surface area (Å²) in [7, 11) is 0. The van der Waals surface area contributed by atoms with Crippen LogP contribution >= 0.6 is 0 Å². The normalized spacial score (nSPS) is 24.4. The first-order valence-corrected chi connectivity index (χ1v) is 6.73. The second-order valence-electron chi connectivity index (χ2n) is 5.23. The van der Waals surface area contributed by atoms with Gasteiger partial charge in [-0.05, 0) is 49.3 Å². The Morgan fingerprint density at radius 2 is 2.21 bits per heavy atom. The molecule has 2 rings (SSSR count). The molecule has 0 unspecified atom stereocenters. The number of hydrogen-bond donors (Lipinski definition) is 2. The van der Waals surface area contributed by atoms with Gasteiger partial charge in [0.15, 0.2) is 5.84 Å². The monoisotopic (exact) mass is 263 g/mol. The minimum atomic E-state index is 0.0216. The molecule has 1 aliphatic carbocycles. The van der Waals surface area contributed by atoms with Crippen molar-refractivity contribution in [1.29, 1.82) is 0 Å². The molecule has 1 fully saturated rings. The first kappa shape index (κ1) is 13.8. The van der Waals surface area contributed by atoms with E-state index in [1.54, 1.807) is 12.3 Å². The summed E-state index contributed by atoms with van der Waals surface area (Å²) in [5.41, 5.74) is 6.98. The average Bonchev–Trinajstić information content (AvgIpc) is 2.46. The first-order valence-electron chi connectivity index (χ1n) is 6.73. The molecule has 1 heterocycles. The maximum atomic E-state index is 8.63. The smallest absolute Gasteiger partial charge is 0.188 e. The maximum Gasteiger partial charge on any atom is 0.188 e. The second-order valence-corrected chi connectivity index (χ2v) is 5.23. The predicted molar refractivity (Wildman–Crippen MR) is 73.0 cm³/mol. The molecule has 0 amide bonds. The van der Waals surface area contributed by atoms with E-state index in [1.807, 2.05) is 6.07 Å². The largest absolute Gasteiger partial charge is 0.409 e. The van der Waals surface area contributed by atoms with E-state index in [2.05, 4.69) is 17.1 Å². The van der Waals surface area contributed by atoms with Gasteiger partial charge in [-0.2, -0.15) is 0 Å². The lowest BCUT2D eigenvalue weighted by Crippen LogP contribution is -2.20. The summed E-state index contributed by atoms with van der Waals surface area (Å²) in [6.07, 6.45) is 6.78. The molecule has 5 nitrogen and oxygen atoms in total. The van der Waals surface area contributed by atoms with E-state index < -0.39 is 0 Å². The number of aromatic nitrogens is 1. The van der Waals surface area contributed by atoms with E-state index in [9.17, 15) is 0 Å². The number of nitrogens with zero attached hydrogens (tertiary/aromatic N) is 2. The average molecular weight is 263 g/mol. The first-order chi connectivity index (χ1) is 9.19. The van der Waals surface area contributed by atoms with E-state index in [1.165, 1.54) is 12.8 Å². The van der Waals surface area contributed by atoms with E-state index in [4.69, 9.17) is 15.7 Å². The van der Waals surface area contributed by atoms with Crippen molar-refractivity contribution in [2.24, 2.45) is 16.8 Å². The highest BCUT2D eigenvalue weighted by Crippen LogP contribution is 2.26. The Bertz CT molecular complexity index is 440. The fourth-order valence-corrected chi connectivity index (χ4v) is 2.37. The van der Waals surface area contributed by atoms with Gasteiger partial charge in [0.05, 0.1) is 12.7 Å². The van der Waals surface area contributed by atoms with E-state index in [-0.39, 0.29) is 5.84 Å². The molecule has 1 saturated carbocycles. The maximum absolute atomic E-state index is 8.63. The SMILES string of the molecule is CC1CCC(OCc2ccnc(C(N)=NO)c2)CC1. The number of ether oxygens (including phenoxy) is 1. The summed E-state index contributed by atoms with van der Waals surface area (Å²) in [4.78, 5) is 4.04. The third-order valence-corrected chi connectivity index (χ3v) is 3.64. The van der Waals surface area contributed by atoms with Crippen molar-refractivity contribution in [1.82, 2.24) is 4.98 Å². The van der Waals surface area contributed by atoms with Crippen molar-refractivity contribution in [2.45, 2.75) is 45.3 Å². The molecule has 104 valence electrons. The highest BCUT2D eigenvalue weighted by molar-refractivity contribution is 5.95. The quantitative estimate of drug-likeness (QED) is 0.378. The fraction of sp³-hybridized carbons (Fsp3) is 0.571. The summed E-state index contributed by atoms with van der Waals surface area (Å²) in [5.74, 6) is 0.848. The van der Waals surface area contributed by atoms with Crippen LogP contribution in [0.25, 0.3) is 0 Å². The molecule has 1 aromatic rings. The summed E-state index contributed by atoms with van der Waals surface area (Å²) in [6, 6.07) is 3.68. The number of pyridine rings is 1. The van der Waals surface area contributed by atoms with Crippen LogP contribution in [-0.2, 0) is 11.3 Å². The molecule has 1 aromatic heterocycles. The van der Waals surface area contributed by atoms with E-state index >= 15 is 0 Å². The molecular formula is C14H21N3O2. The minimum absolute atomic E-state index is 0.0216. The van der Waals surface area contributed by atoms with Gasteiger partial charge in [-0.25, -0.2) is 0 Å². The van der Waals surface area contributed by atoms with Gasteiger partial charge in [-0.1, -0.05) is 12.1 Å². The Labute approximate surface area is 113 Å². The molecule has 0 atom stereocenters. The Morgan fingerprint density at radius 3 is 2.89 bits per heavy atom. The van der Waals surface area contributed by atoms with Gasteiger partial charge in [0.25, 0.3) is 0 Å². The summed E-state index contributed by atoms with van der Waals surface area (Å²) in [5, 5.41) is 11.6. The van der Waals surface area contributed by atoms with Crippen LogP contribution < -0.4 is 5.73 Å². The number of amidine groups is 1. The Kier molecular flexibility index (Phi) is 4.74. The van der Waals surface area contributed by atoms with Crippen molar-refractivity contribution < 1.29 is 9.94 Å². The van der Waals surface area contributed by atoms with Crippen molar-refractivity contribution in [3.8, 4) is 0 Å². The Hall–Kier alpha value is -1.62. The summed E-state index contributed by atoms with van der Waals surface area (Å²) < 4.78 is 5.91. The van der Waals surface area contributed by atoms with Crippen LogP contribution in [0.3, 0.4) is 0 Å². The highest BCUT2D eigenvalue weighted by atomic mass is 16.5. The van der Waals surface area contributed by atoms with Crippen molar-refractivity contribution in [3.63, 3.8) is 0 Å². The van der Waals surface area contributed by atoms with E-state index in [0.717, 1.165) is 24.3 Å². The number of hydrogen-bond acceptors (Lipinski definition) is 4. The zero-order chi connectivity index (χ0) is 13.7. The molecule has 0 saturated heterocycles. The van der Waals surface area contributed by atoms with Crippen LogP contribution in [0, 0.1) is 5.92 Å². The van der Waals surface area contributed by atoms with Gasteiger partial charge >= 0.3 is 0 Å². The molecular weight excluding hydrogens is 242 g/mol. The fourth-order valence-electron chi connectivity index (χ4n) is 2.37. The molecule has 0 bridgehead atoms. The Morgan fingerprint density at radius 1 is 1.47 bits per heavy atom. The summed E-state index contributed by atoms with van der Waals surface area (Å²) >= 11 is 0. The molecule has 3 N–H and O–H groups in total. The topological polar surface area (TPSA) is 80.7 Å². The Balaban J connectivity index is 1.89. The molecule has 0 aliphatic heterocycles. The van der Waals surface area contributed by atoms with Crippen molar-refractivity contribution >= 4 is 5.84 Å². The lowest BCUT2D eigenvalue weighted by atomic mass is 9.89. The molecule has 5 heteroatoms. The third kappa shape index (κ3) is 3.92. The van der Waals surface area contributed by atoms with Crippen molar-refractivity contribution in [2.75, 3.05) is 0 Å². The van der Waals surface area contributed by atoms with Crippen LogP contribution in [0.4, 0.5) is 0 Å². The van der Waals surface area contributed by atoms with Crippen LogP contribution in [0.15, 0.2) is 23.5 Å². The predicted octanol–water partition coefficient (Wildman–Crippen LogP) is 2.27. The van der Waals surface area contributed by atoms with Gasteiger partial charge in [-0.15, -0.1) is 0 Å². The number of nitrogens with two attached hydrogens (primary N) is 1. The van der Waals surface area contributed by atoms with Gasteiger partial charge < -0.3 is 15.7 Å². The summed E-state index contributed by atoms with van der Waals surface area (Å²) in [6.45, 7) is 2.84. The van der Waals surface area contributed by atoms with Crippen molar-refractivity contribution in [3.05, 3.63) is 29.6 Å². The molecule has 0 spiro atoms. The zero-order valence-electron chi connectivity index (χ0n) is 11.2. The zero-order valence-corrected chi connectivity index (χ0v) is 11.2. The van der Waals surface area contributed by atoms with Gasteiger partial charge in [0, 0.05) is 6.20 Å². The lowest BCUT2D eigenvalue weighted by Gasteiger charge is -2.26. The van der Waals surface area contributed by atoms with Gasteiger partial charge in [-0.3, -0.25) is 4.98 Å². The van der Waals surface area contributed by atoms with Crippen LogP contribution in [0.2, 0.25) is 0 Å². The van der Waals surface area contributed by atoms with Gasteiger partial charge in [0.1, 0.15) is 5.69 Å². The number of rotatable bonds is 4. The molecule has 1 aliphatic rings. The third-order valence-electron chi connectivity index (χ3n) is 3.64.